The van der Waals surface area contributed by atoms with E-state index in [9.17, 15) is 24.0 Å². The number of ether oxygens (including phenoxy) is 6. The maximum atomic E-state index is 12.2. The number of esters is 4. The van der Waals surface area contributed by atoms with Crippen molar-refractivity contribution in [1.82, 2.24) is 5.32 Å². The molecule has 0 spiro atoms. The molecule has 5 atom stereocenters. The van der Waals surface area contributed by atoms with Crippen molar-refractivity contribution in [2.75, 3.05) is 6.54 Å². The van der Waals surface area contributed by atoms with Crippen LogP contribution in [0.3, 0.4) is 0 Å². The summed E-state index contributed by atoms with van der Waals surface area (Å²) in [6.07, 6.45) is -7.61. The number of rotatable bonds is 8. The fourth-order valence-electron chi connectivity index (χ4n) is 3.24. The van der Waals surface area contributed by atoms with Gasteiger partial charge in [0, 0.05) is 27.7 Å². The maximum Gasteiger partial charge on any atom is 0.407 e. The number of alkyl carbamates (subject to hydrolysis) is 1. The Hall–Kier alpha value is -3.67. The maximum absolute atomic E-state index is 12.2. The molecule has 0 aromatic heterocycles. The molecule has 1 aliphatic heterocycles. The van der Waals surface area contributed by atoms with Gasteiger partial charge in [0.1, 0.15) is 12.7 Å². The average molecular weight is 481 g/mol. The molecule has 34 heavy (non-hydrogen) atoms. The molecule has 0 saturated carbocycles. The van der Waals surface area contributed by atoms with Crippen LogP contribution in [0.2, 0.25) is 0 Å². The highest BCUT2D eigenvalue weighted by Gasteiger charge is 2.53. The number of hydrogen-bond acceptors (Lipinski definition) is 11. The third kappa shape index (κ3) is 8.35. The van der Waals surface area contributed by atoms with Gasteiger partial charge in [-0.05, 0) is 5.56 Å². The minimum absolute atomic E-state index is 0.00619. The Bertz CT molecular complexity index is 888. The van der Waals surface area contributed by atoms with Gasteiger partial charge in [-0.2, -0.15) is 0 Å². The van der Waals surface area contributed by atoms with Crippen molar-refractivity contribution in [3.05, 3.63) is 35.9 Å². The molecule has 1 aliphatic rings. The van der Waals surface area contributed by atoms with Gasteiger partial charge in [-0.15, -0.1) is 0 Å². The zero-order chi connectivity index (χ0) is 25.3. The van der Waals surface area contributed by atoms with E-state index in [0.717, 1.165) is 33.3 Å². The van der Waals surface area contributed by atoms with E-state index in [1.54, 1.807) is 24.3 Å². The second kappa shape index (κ2) is 12.5. The quantitative estimate of drug-likeness (QED) is 0.418. The Morgan fingerprint density at radius 3 is 1.85 bits per heavy atom. The summed E-state index contributed by atoms with van der Waals surface area (Å²) in [6.45, 7) is 4.12. The smallest absolute Gasteiger partial charge is 0.407 e. The van der Waals surface area contributed by atoms with Crippen molar-refractivity contribution in [3.63, 3.8) is 0 Å². The molecule has 1 aromatic carbocycles. The molecule has 0 aliphatic carbocycles. The highest BCUT2D eigenvalue weighted by atomic mass is 16.7. The lowest BCUT2D eigenvalue weighted by Crippen LogP contribution is -2.64. The summed E-state index contributed by atoms with van der Waals surface area (Å²) < 4.78 is 31.6. The van der Waals surface area contributed by atoms with Gasteiger partial charge < -0.3 is 33.7 Å². The van der Waals surface area contributed by atoms with Crippen molar-refractivity contribution in [2.24, 2.45) is 0 Å². The Morgan fingerprint density at radius 2 is 1.29 bits per heavy atom. The van der Waals surface area contributed by atoms with Crippen molar-refractivity contribution >= 4 is 30.0 Å². The molecule has 12 nitrogen and oxygen atoms in total. The van der Waals surface area contributed by atoms with Crippen LogP contribution in [-0.4, -0.2) is 67.2 Å². The normalized spacial score (nSPS) is 23.7. The minimum Gasteiger partial charge on any atom is -0.456 e. The summed E-state index contributed by atoms with van der Waals surface area (Å²) >= 11 is 0. The van der Waals surface area contributed by atoms with E-state index in [4.69, 9.17) is 28.4 Å². The number of nitrogens with one attached hydrogen (secondary N) is 1. The molecule has 12 heteroatoms. The molecular weight excluding hydrogens is 454 g/mol. The van der Waals surface area contributed by atoms with Crippen LogP contribution in [-0.2, 0) is 54.2 Å². The standard InChI is InChI=1S/C22H27NO11/c1-12(24)30-18-17(10-23-22(28)29-11-16-8-6-5-7-9-16)34-21(33-15(4)27)20(32-14(3)26)19(18)31-13(2)25/h5-9,17-21H,10-11H2,1-4H3,(H,23,28)/t17-,18-,19+,20-,21?/m1/s1. The molecule has 0 bridgehead atoms. The van der Waals surface area contributed by atoms with Gasteiger partial charge in [-0.25, -0.2) is 4.79 Å². The van der Waals surface area contributed by atoms with Crippen LogP contribution in [0.25, 0.3) is 0 Å². The van der Waals surface area contributed by atoms with Crippen molar-refractivity contribution in [2.45, 2.75) is 65.0 Å². The minimum atomic E-state index is -1.51. The SMILES string of the molecule is CC(=O)OC1O[C@H](CNC(=O)OCc2ccccc2)[C@@H](OC(C)=O)[C@H](OC(C)=O)[C@H]1OC(C)=O. The molecular formula is C22H27NO11. The molecule has 1 unspecified atom stereocenters. The highest BCUT2D eigenvalue weighted by molar-refractivity contribution is 5.69. The largest absolute Gasteiger partial charge is 0.456 e. The van der Waals surface area contributed by atoms with Gasteiger partial charge in [0.25, 0.3) is 0 Å². The number of carbonyl (C=O) groups excluding carboxylic acids is 5. The predicted molar refractivity (Wildman–Crippen MR) is 112 cm³/mol. The van der Waals surface area contributed by atoms with Crippen LogP contribution >= 0.6 is 0 Å². The van der Waals surface area contributed by atoms with Gasteiger partial charge in [-0.1, -0.05) is 30.3 Å². The summed E-state index contributed by atoms with van der Waals surface area (Å²) in [4.78, 5) is 58.9. The van der Waals surface area contributed by atoms with Gasteiger partial charge in [0.2, 0.25) is 12.4 Å². The first-order valence-electron chi connectivity index (χ1n) is 10.4. The van der Waals surface area contributed by atoms with Crippen LogP contribution in [0.5, 0.6) is 0 Å². The molecule has 1 fully saturated rings. The van der Waals surface area contributed by atoms with Gasteiger partial charge in [0.15, 0.2) is 12.2 Å². The molecule has 1 saturated heterocycles. The first kappa shape index (κ1) is 26.6. The number of hydrogen-bond donors (Lipinski definition) is 1. The summed E-state index contributed by atoms with van der Waals surface area (Å²) in [5.74, 6) is -3.10. The van der Waals surface area contributed by atoms with E-state index in [1.165, 1.54) is 0 Å². The Morgan fingerprint density at radius 1 is 0.765 bits per heavy atom. The Labute approximate surface area is 195 Å². The molecule has 1 N–H and O–H groups in total. The van der Waals surface area contributed by atoms with Gasteiger partial charge >= 0.3 is 30.0 Å². The third-order valence-electron chi connectivity index (χ3n) is 4.44. The lowest BCUT2D eigenvalue weighted by molar-refractivity contribution is -0.294. The summed E-state index contributed by atoms with van der Waals surface area (Å²) in [5.41, 5.74) is 0.762. The van der Waals surface area contributed by atoms with Gasteiger partial charge in [-0.3, -0.25) is 19.2 Å². The van der Waals surface area contributed by atoms with Gasteiger partial charge in [0.05, 0.1) is 6.54 Å². The fraction of sp³-hybridized carbons (Fsp3) is 0.500. The second-order valence-electron chi connectivity index (χ2n) is 7.32. The van der Waals surface area contributed by atoms with E-state index in [0.29, 0.717) is 0 Å². The number of benzene rings is 1. The Balaban J connectivity index is 2.21. The Kier molecular flexibility index (Phi) is 9.80. The highest BCUT2D eigenvalue weighted by Crippen LogP contribution is 2.29. The zero-order valence-corrected chi connectivity index (χ0v) is 19.2. The van der Waals surface area contributed by atoms with E-state index in [2.05, 4.69) is 5.32 Å². The monoisotopic (exact) mass is 481 g/mol. The van der Waals surface area contributed by atoms with E-state index in [1.807, 2.05) is 6.07 Å². The van der Waals surface area contributed by atoms with Crippen molar-refractivity contribution in [1.29, 1.82) is 0 Å². The van der Waals surface area contributed by atoms with Crippen LogP contribution < -0.4 is 5.32 Å². The van der Waals surface area contributed by atoms with Crippen LogP contribution in [0, 0.1) is 0 Å². The second-order valence-corrected chi connectivity index (χ2v) is 7.32. The van der Waals surface area contributed by atoms with Crippen molar-refractivity contribution < 1.29 is 52.4 Å². The van der Waals surface area contributed by atoms with Crippen LogP contribution in [0.1, 0.15) is 33.3 Å². The fourth-order valence-corrected chi connectivity index (χ4v) is 3.24. The molecule has 1 aromatic rings. The van der Waals surface area contributed by atoms with Crippen LogP contribution in [0.15, 0.2) is 30.3 Å². The lowest BCUT2D eigenvalue weighted by Gasteiger charge is -2.43. The molecule has 0 radical (unpaired) electrons. The van der Waals surface area contributed by atoms with Crippen molar-refractivity contribution in [3.8, 4) is 0 Å². The van der Waals surface area contributed by atoms with E-state index >= 15 is 0 Å². The van der Waals surface area contributed by atoms with Crippen LogP contribution in [0.4, 0.5) is 4.79 Å². The molecule has 1 heterocycles. The number of carbonyl (C=O) groups is 5. The number of amides is 1. The average Bonchev–Trinajstić information content (AvgIpc) is 2.74. The topological polar surface area (TPSA) is 153 Å². The first-order chi connectivity index (χ1) is 16.1. The lowest BCUT2D eigenvalue weighted by atomic mass is 9.97. The first-order valence-corrected chi connectivity index (χ1v) is 10.4. The third-order valence-corrected chi connectivity index (χ3v) is 4.44. The van der Waals surface area contributed by atoms with E-state index in [-0.39, 0.29) is 13.2 Å². The zero-order valence-electron chi connectivity index (χ0n) is 19.2. The summed E-state index contributed by atoms with van der Waals surface area (Å²) in [6, 6.07) is 8.95. The summed E-state index contributed by atoms with van der Waals surface area (Å²) in [7, 11) is 0. The molecule has 1 amide bonds. The van der Waals surface area contributed by atoms with E-state index < -0.39 is 60.7 Å². The summed E-state index contributed by atoms with van der Waals surface area (Å²) in [5, 5.41) is 2.46. The molecule has 186 valence electrons. The molecule has 2 rings (SSSR count). The predicted octanol–water partition coefficient (Wildman–Crippen LogP) is 0.996.